The van der Waals surface area contributed by atoms with E-state index < -0.39 is 0 Å². The number of anilines is 2. The summed E-state index contributed by atoms with van der Waals surface area (Å²) in [6.07, 6.45) is 3.18. The number of amides is 2. The van der Waals surface area contributed by atoms with Crippen molar-refractivity contribution < 1.29 is 14.3 Å². The number of carbonyl (C=O) groups excluding carboxylic acids is 2. The summed E-state index contributed by atoms with van der Waals surface area (Å²) in [5, 5.41) is 3.06. The Bertz CT molecular complexity index is 861. The second-order valence-electron chi connectivity index (χ2n) is 7.55. The van der Waals surface area contributed by atoms with Gasteiger partial charge in [-0.25, -0.2) is 0 Å². The molecular formula is C24H30N2O3. The Balaban J connectivity index is 1.65. The smallest absolute Gasteiger partial charge is 0.229 e. The lowest BCUT2D eigenvalue weighted by atomic mass is 10.0. The van der Waals surface area contributed by atoms with E-state index in [4.69, 9.17) is 4.74 Å². The van der Waals surface area contributed by atoms with Crippen LogP contribution in [0.3, 0.4) is 0 Å². The molecule has 0 saturated carbocycles. The largest absolute Gasteiger partial charge is 0.494 e. The van der Waals surface area contributed by atoms with E-state index in [1.54, 1.807) is 4.90 Å². The Morgan fingerprint density at radius 2 is 1.93 bits per heavy atom. The van der Waals surface area contributed by atoms with Gasteiger partial charge in [-0.2, -0.15) is 0 Å². The lowest BCUT2D eigenvalue weighted by molar-refractivity contribution is -0.122. The van der Waals surface area contributed by atoms with Crippen LogP contribution in [0, 0.1) is 12.8 Å². The molecule has 1 aliphatic rings. The van der Waals surface area contributed by atoms with Gasteiger partial charge in [-0.05, 0) is 55.2 Å². The average molecular weight is 395 g/mol. The van der Waals surface area contributed by atoms with Crippen molar-refractivity contribution in [3.05, 3.63) is 53.6 Å². The molecule has 1 unspecified atom stereocenters. The van der Waals surface area contributed by atoms with Gasteiger partial charge in [-0.15, -0.1) is 0 Å². The first-order chi connectivity index (χ1) is 14.0. The molecule has 2 amide bonds. The van der Waals surface area contributed by atoms with E-state index in [1.165, 1.54) is 0 Å². The predicted octanol–water partition coefficient (Wildman–Crippen LogP) is 4.73. The quantitative estimate of drug-likeness (QED) is 0.659. The highest BCUT2D eigenvalue weighted by atomic mass is 16.5. The van der Waals surface area contributed by atoms with Crippen molar-refractivity contribution in [3.63, 3.8) is 0 Å². The van der Waals surface area contributed by atoms with Crippen LogP contribution in [-0.4, -0.2) is 25.0 Å². The maximum absolute atomic E-state index is 12.8. The molecule has 1 atom stereocenters. The van der Waals surface area contributed by atoms with Gasteiger partial charge in [0.05, 0.1) is 12.5 Å². The van der Waals surface area contributed by atoms with Gasteiger partial charge >= 0.3 is 0 Å². The molecule has 2 aromatic carbocycles. The van der Waals surface area contributed by atoms with E-state index >= 15 is 0 Å². The normalized spacial score (nSPS) is 16.2. The number of unbranched alkanes of at least 4 members (excludes halogenated alkanes) is 1. The number of carbonyl (C=O) groups is 2. The van der Waals surface area contributed by atoms with Gasteiger partial charge in [0.25, 0.3) is 0 Å². The fraction of sp³-hybridized carbons (Fsp3) is 0.417. The summed E-state index contributed by atoms with van der Waals surface area (Å²) in [7, 11) is 0. The van der Waals surface area contributed by atoms with Gasteiger partial charge in [-0.3, -0.25) is 9.59 Å². The predicted molar refractivity (Wildman–Crippen MR) is 116 cm³/mol. The Hall–Kier alpha value is -2.82. The molecule has 154 valence electrons. The van der Waals surface area contributed by atoms with Crippen molar-refractivity contribution in [2.24, 2.45) is 5.92 Å². The van der Waals surface area contributed by atoms with Gasteiger partial charge in [0, 0.05) is 24.3 Å². The Morgan fingerprint density at radius 3 is 2.62 bits per heavy atom. The number of para-hydroxylation sites is 1. The van der Waals surface area contributed by atoms with Gasteiger partial charge in [-0.1, -0.05) is 38.5 Å². The van der Waals surface area contributed by atoms with Crippen LogP contribution in [0.2, 0.25) is 0 Å². The van der Waals surface area contributed by atoms with Crippen LogP contribution < -0.4 is 15.0 Å². The lowest BCUT2D eigenvalue weighted by Gasteiger charge is -2.18. The minimum Gasteiger partial charge on any atom is -0.494 e. The monoisotopic (exact) mass is 394 g/mol. The van der Waals surface area contributed by atoms with Crippen LogP contribution in [0.25, 0.3) is 0 Å². The van der Waals surface area contributed by atoms with Crippen molar-refractivity contribution >= 4 is 23.2 Å². The van der Waals surface area contributed by atoms with E-state index in [-0.39, 0.29) is 24.2 Å². The molecule has 29 heavy (non-hydrogen) atoms. The number of nitrogens with one attached hydrogen (secondary N) is 1. The SMILES string of the molecule is CCCCOc1ccc(N2CC(C(=O)Nc3c(C)cccc3CC)CC2=O)cc1. The molecule has 1 aliphatic heterocycles. The van der Waals surface area contributed by atoms with Crippen LogP contribution in [0.1, 0.15) is 44.2 Å². The van der Waals surface area contributed by atoms with Crippen LogP contribution in [0.15, 0.2) is 42.5 Å². The molecule has 0 aliphatic carbocycles. The summed E-state index contributed by atoms with van der Waals surface area (Å²) in [6.45, 7) is 7.28. The molecule has 2 aromatic rings. The second-order valence-corrected chi connectivity index (χ2v) is 7.55. The third-order valence-corrected chi connectivity index (χ3v) is 5.40. The third-order valence-electron chi connectivity index (χ3n) is 5.40. The van der Waals surface area contributed by atoms with Crippen molar-refractivity contribution in [1.29, 1.82) is 0 Å². The molecule has 5 heteroatoms. The third kappa shape index (κ3) is 4.97. The summed E-state index contributed by atoms with van der Waals surface area (Å²) < 4.78 is 5.68. The van der Waals surface area contributed by atoms with E-state index in [0.29, 0.717) is 13.2 Å². The highest BCUT2D eigenvalue weighted by Gasteiger charge is 2.35. The van der Waals surface area contributed by atoms with Crippen LogP contribution >= 0.6 is 0 Å². The summed E-state index contributed by atoms with van der Waals surface area (Å²) in [5.41, 5.74) is 3.83. The van der Waals surface area contributed by atoms with Gasteiger partial charge < -0.3 is 15.0 Å². The topological polar surface area (TPSA) is 58.6 Å². The number of rotatable bonds is 8. The molecule has 1 heterocycles. The fourth-order valence-corrected chi connectivity index (χ4v) is 3.62. The van der Waals surface area contributed by atoms with Gasteiger partial charge in [0.15, 0.2) is 0 Å². The summed E-state index contributed by atoms with van der Waals surface area (Å²) in [5.74, 6) is 0.330. The number of ether oxygens (including phenoxy) is 1. The van der Waals surface area contributed by atoms with Crippen molar-refractivity contribution in [2.45, 2.75) is 46.5 Å². The van der Waals surface area contributed by atoms with E-state index in [1.807, 2.05) is 49.4 Å². The minimum atomic E-state index is -0.354. The molecule has 3 rings (SSSR count). The summed E-state index contributed by atoms with van der Waals surface area (Å²) >= 11 is 0. The van der Waals surface area contributed by atoms with E-state index in [2.05, 4.69) is 19.2 Å². The highest BCUT2D eigenvalue weighted by Crippen LogP contribution is 2.29. The molecule has 5 nitrogen and oxygen atoms in total. The lowest BCUT2D eigenvalue weighted by Crippen LogP contribution is -2.28. The van der Waals surface area contributed by atoms with Crippen molar-refractivity contribution in [2.75, 3.05) is 23.4 Å². The second kappa shape index (κ2) is 9.59. The minimum absolute atomic E-state index is 0.0229. The maximum Gasteiger partial charge on any atom is 0.229 e. The molecule has 0 bridgehead atoms. The first-order valence-electron chi connectivity index (χ1n) is 10.5. The zero-order valence-corrected chi connectivity index (χ0v) is 17.5. The van der Waals surface area contributed by atoms with Crippen LogP contribution in [0.4, 0.5) is 11.4 Å². The molecule has 0 aromatic heterocycles. The fourth-order valence-electron chi connectivity index (χ4n) is 3.62. The standard InChI is InChI=1S/C24H30N2O3/c1-4-6-14-29-21-12-10-20(11-13-21)26-16-19(15-22(26)27)24(28)25-23-17(3)8-7-9-18(23)5-2/h7-13,19H,4-6,14-16H2,1-3H3,(H,25,28). The molecule has 1 N–H and O–H groups in total. The molecule has 1 fully saturated rings. The first kappa shape index (κ1) is 20.9. The van der Waals surface area contributed by atoms with Crippen LogP contribution in [0.5, 0.6) is 5.75 Å². The Morgan fingerprint density at radius 1 is 1.17 bits per heavy atom. The maximum atomic E-state index is 12.8. The van der Waals surface area contributed by atoms with Crippen LogP contribution in [-0.2, 0) is 16.0 Å². The Kier molecular flexibility index (Phi) is 6.91. The zero-order chi connectivity index (χ0) is 20.8. The number of nitrogens with zero attached hydrogens (tertiary/aromatic N) is 1. The zero-order valence-electron chi connectivity index (χ0n) is 17.5. The molecular weight excluding hydrogens is 364 g/mol. The molecule has 0 spiro atoms. The van der Waals surface area contributed by atoms with Crippen molar-refractivity contribution in [3.8, 4) is 5.75 Å². The highest BCUT2D eigenvalue weighted by molar-refractivity contribution is 6.04. The average Bonchev–Trinajstić information content (AvgIpc) is 3.12. The molecule has 1 saturated heterocycles. The van der Waals surface area contributed by atoms with Gasteiger partial charge in [0.2, 0.25) is 11.8 Å². The number of hydrogen-bond donors (Lipinski definition) is 1. The number of aryl methyl sites for hydroxylation is 2. The summed E-state index contributed by atoms with van der Waals surface area (Å²) in [4.78, 5) is 27.1. The Labute approximate surface area is 173 Å². The van der Waals surface area contributed by atoms with E-state index in [0.717, 1.165) is 47.5 Å². The molecule has 0 radical (unpaired) electrons. The van der Waals surface area contributed by atoms with Gasteiger partial charge in [0.1, 0.15) is 5.75 Å². The van der Waals surface area contributed by atoms with Crippen molar-refractivity contribution in [1.82, 2.24) is 0 Å². The number of benzene rings is 2. The first-order valence-corrected chi connectivity index (χ1v) is 10.5. The number of hydrogen-bond acceptors (Lipinski definition) is 3. The summed E-state index contributed by atoms with van der Waals surface area (Å²) in [6, 6.07) is 13.6. The van der Waals surface area contributed by atoms with E-state index in [9.17, 15) is 9.59 Å².